The molecular weight excluding hydrogens is 716 g/mol. The summed E-state index contributed by atoms with van der Waals surface area (Å²) in [6, 6.07) is 11.6. The largest absolute Gasteiger partial charge is 0.489 e. The molecule has 1 aliphatic carbocycles. The molecule has 2 aromatic carbocycles. The molecule has 1 aromatic heterocycles. The van der Waals surface area contributed by atoms with Gasteiger partial charge in [0.1, 0.15) is 16.4 Å². The van der Waals surface area contributed by atoms with Crippen molar-refractivity contribution in [1.29, 1.82) is 0 Å². The van der Waals surface area contributed by atoms with E-state index in [0.29, 0.717) is 56.9 Å². The molecule has 1 saturated heterocycles. The standard InChI is InChI=1S/C42H50ClF2N3O6/c1-26-29(19-20-46-39(26)53-23-7-21-51-5)25-47(30-13-14-30)40(49)36-32(24-31-15-18-35(36)48(31)41(50)54-42(2,3)4)28-11-9-27(10-12-28)8-6-22-52-38-34(45)17-16-33(44)37(38)43/h9-12,16-17,19-20,30-31,35H,6-8,13-15,18,21-25H2,1-5H3/t31-,35+/m0/s1. The van der Waals surface area contributed by atoms with E-state index in [2.05, 4.69) is 4.98 Å². The topological polar surface area (TPSA) is 90.4 Å². The van der Waals surface area contributed by atoms with Crippen molar-refractivity contribution in [2.24, 2.45) is 0 Å². The second-order valence-corrected chi connectivity index (χ2v) is 15.7. The highest BCUT2D eigenvalue weighted by atomic mass is 35.5. The quantitative estimate of drug-likeness (QED) is 0.113. The number of aromatic nitrogens is 1. The van der Waals surface area contributed by atoms with E-state index >= 15 is 4.79 Å². The highest BCUT2D eigenvalue weighted by Gasteiger charge is 2.49. The van der Waals surface area contributed by atoms with Crippen LogP contribution in [0, 0.1) is 18.6 Å². The maximum Gasteiger partial charge on any atom is 0.411 e. The molecule has 54 heavy (non-hydrogen) atoms. The summed E-state index contributed by atoms with van der Waals surface area (Å²) < 4.78 is 50.5. The SMILES string of the molecule is COCCCOc1nccc(CN(C(=O)C2=C(c3ccc(CCCOc4c(F)ccc(F)c4Cl)cc3)C[C@@H]3CC[C@H]2N3C(=O)OC(C)(C)C)C2CC2)c1C. The third kappa shape index (κ3) is 9.17. The van der Waals surface area contributed by atoms with Gasteiger partial charge in [-0.2, -0.15) is 0 Å². The predicted molar refractivity (Wildman–Crippen MR) is 203 cm³/mol. The van der Waals surface area contributed by atoms with Gasteiger partial charge in [-0.05, 0) is 113 Å². The first kappa shape index (κ1) is 39.5. The van der Waals surface area contributed by atoms with E-state index < -0.39 is 29.4 Å². The molecule has 9 nitrogen and oxygen atoms in total. The lowest BCUT2D eigenvalue weighted by Crippen LogP contribution is -2.50. The molecule has 0 N–H and O–H groups in total. The average Bonchev–Trinajstić information content (AvgIpc) is 3.93. The number of pyridine rings is 1. The lowest BCUT2D eigenvalue weighted by molar-refractivity contribution is -0.129. The number of benzene rings is 2. The van der Waals surface area contributed by atoms with Gasteiger partial charge in [-0.25, -0.2) is 18.6 Å². The van der Waals surface area contributed by atoms with Crippen LogP contribution >= 0.6 is 11.6 Å². The summed E-state index contributed by atoms with van der Waals surface area (Å²) >= 11 is 5.91. The van der Waals surface area contributed by atoms with Crippen molar-refractivity contribution in [2.75, 3.05) is 26.9 Å². The fraction of sp³-hybridized carbons (Fsp3) is 0.500. The van der Waals surface area contributed by atoms with E-state index in [1.807, 2.05) is 62.9 Å². The van der Waals surface area contributed by atoms with Crippen LogP contribution in [-0.2, 0) is 27.2 Å². The van der Waals surface area contributed by atoms with Crippen molar-refractivity contribution in [3.63, 3.8) is 0 Å². The van der Waals surface area contributed by atoms with Crippen LogP contribution in [0.2, 0.25) is 5.02 Å². The molecule has 6 rings (SSSR count). The molecule has 2 bridgehead atoms. The molecule has 2 aliphatic heterocycles. The van der Waals surface area contributed by atoms with Crippen molar-refractivity contribution in [1.82, 2.24) is 14.8 Å². The van der Waals surface area contributed by atoms with Gasteiger partial charge in [0.05, 0.1) is 19.3 Å². The number of rotatable bonds is 15. The zero-order chi connectivity index (χ0) is 38.6. The molecule has 0 spiro atoms. The molecule has 2 amide bonds. The van der Waals surface area contributed by atoms with Gasteiger partial charge in [-0.1, -0.05) is 35.9 Å². The maximum atomic E-state index is 15.0. The summed E-state index contributed by atoms with van der Waals surface area (Å²) in [5.74, 6) is -1.23. The number of methoxy groups -OCH3 is 1. The van der Waals surface area contributed by atoms with Crippen molar-refractivity contribution >= 4 is 29.2 Å². The molecule has 290 valence electrons. The number of nitrogens with zero attached hydrogens (tertiary/aromatic N) is 3. The molecule has 0 radical (unpaired) electrons. The molecule has 3 aromatic rings. The second kappa shape index (κ2) is 17.1. The number of fused-ring (bicyclic) bond motifs is 2. The first-order valence-electron chi connectivity index (χ1n) is 18.8. The summed E-state index contributed by atoms with van der Waals surface area (Å²) in [5.41, 5.74) is 4.77. The lowest BCUT2D eigenvalue weighted by atomic mass is 9.87. The van der Waals surface area contributed by atoms with Crippen LogP contribution in [0.3, 0.4) is 0 Å². The van der Waals surface area contributed by atoms with Gasteiger partial charge in [0.2, 0.25) is 5.88 Å². The summed E-state index contributed by atoms with van der Waals surface area (Å²) in [7, 11) is 1.66. The van der Waals surface area contributed by atoms with Gasteiger partial charge < -0.3 is 23.8 Å². The monoisotopic (exact) mass is 765 g/mol. The Balaban J connectivity index is 1.25. The summed E-state index contributed by atoms with van der Waals surface area (Å²) in [4.78, 5) is 37.0. The second-order valence-electron chi connectivity index (χ2n) is 15.3. The van der Waals surface area contributed by atoms with Crippen LogP contribution in [-0.4, -0.2) is 77.4 Å². The van der Waals surface area contributed by atoms with Gasteiger partial charge in [0, 0.05) is 56.1 Å². The third-order valence-corrected chi connectivity index (χ3v) is 10.5. The summed E-state index contributed by atoms with van der Waals surface area (Å²) in [5, 5.41) is -0.367. The highest BCUT2D eigenvalue weighted by molar-refractivity contribution is 6.32. The Kier molecular flexibility index (Phi) is 12.5. The number of hydrogen-bond donors (Lipinski definition) is 0. The minimum absolute atomic E-state index is 0.0605. The van der Waals surface area contributed by atoms with Gasteiger partial charge >= 0.3 is 6.09 Å². The maximum absolute atomic E-state index is 15.0. The third-order valence-electron chi connectivity index (χ3n) is 10.2. The van der Waals surface area contributed by atoms with Gasteiger partial charge in [-0.3, -0.25) is 9.69 Å². The number of halogens is 3. The van der Waals surface area contributed by atoms with Crippen LogP contribution in [0.5, 0.6) is 11.6 Å². The molecule has 2 fully saturated rings. The fourth-order valence-corrected chi connectivity index (χ4v) is 7.56. The van der Waals surface area contributed by atoms with E-state index in [4.69, 9.17) is 30.5 Å². The van der Waals surface area contributed by atoms with E-state index in [9.17, 15) is 13.6 Å². The number of ether oxygens (including phenoxy) is 4. The Morgan fingerprint density at radius 2 is 1.67 bits per heavy atom. The molecule has 12 heteroatoms. The van der Waals surface area contributed by atoms with Crippen LogP contribution in [0.1, 0.15) is 88.0 Å². The van der Waals surface area contributed by atoms with E-state index in [-0.39, 0.29) is 35.4 Å². The van der Waals surface area contributed by atoms with Gasteiger partial charge in [-0.15, -0.1) is 0 Å². The summed E-state index contributed by atoms with van der Waals surface area (Å²) in [6.07, 6.45) is 7.08. The molecule has 3 heterocycles. The Bertz CT molecular complexity index is 1860. The smallest absolute Gasteiger partial charge is 0.411 e. The first-order valence-corrected chi connectivity index (χ1v) is 19.2. The van der Waals surface area contributed by atoms with Crippen molar-refractivity contribution in [3.05, 3.63) is 93.1 Å². The van der Waals surface area contributed by atoms with Crippen LogP contribution in [0.4, 0.5) is 13.6 Å². The van der Waals surface area contributed by atoms with Crippen molar-refractivity contribution in [2.45, 2.75) is 109 Å². The summed E-state index contributed by atoms with van der Waals surface area (Å²) in [6.45, 7) is 9.17. The molecule has 2 atom stereocenters. The molecule has 1 saturated carbocycles. The van der Waals surface area contributed by atoms with Crippen molar-refractivity contribution in [3.8, 4) is 11.6 Å². The number of hydrogen-bond acceptors (Lipinski definition) is 7. The van der Waals surface area contributed by atoms with E-state index in [0.717, 1.165) is 65.6 Å². The van der Waals surface area contributed by atoms with Crippen LogP contribution < -0.4 is 9.47 Å². The first-order chi connectivity index (χ1) is 25.9. The lowest BCUT2D eigenvalue weighted by Gasteiger charge is -2.39. The minimum atomic E-state index is -0.734. The van der Waals surface area contributed by atoms with Crippen LogP contribution in [0.25, 0.3) is 5.57 Å². The van der Waals surface area contributed by atoms with Gasteiger partial charge in [0.25, 0.3) is 5.91 Å². The zero-order valence-corrected chi connectivity index (χ0v) is 32.5. The predicted octanol–water partition coefficient (Wildman–Crippen LogP) is 8.87. The van der Waals surface area contributed by atoms with Crippen LogP contribution in [0.15, 0.2) is 54.2 Å². The molecular formula is C42H50ClF2N3O6. The Hall–Kier alpha value is -4.22. The number of carbonyl (C=O) groups excluding carboxylic acids is 2. The number of carbonyl (C=O) groups is 2. The number of aryl methyl sites for hydroxylation is 1. The Labute approximate surface area is 321 Å². The van der Waals surface area contributed by atoms with E-state index in [1.54, 1.807) is 18.2 Å². The normalized spacial score (nSPS) is 18.2. The Morgan fingerprint density at radius 3 is 2.37 bits per heavy atom. The van der Waals surface area contributed by atoms with Gasteiger partial charge in [0.15, 0.2) is 11.6 Å². The Morgan fingerprint density at radius 1 is 0.944 bits per heavy atom. The number of amides is 2. The van der Waals surface area contributed by atoms with Crippen molar-refractivity contribution < 1.29 is 37.3 Å². The molecule has 3 aliphatic rings. The fourth-order valence-electron chi connectivity index (χ4n) is 7.35. The minimum Gasteiger partial charge on any atom is -0.489 e. The zero-order valence-electron chi connectivity index (χ0n) is 31.8. The highest BCUT2D eigenvalue weighted by Crippen LogP contribution is 2.46. The van der Waals surface area contributed by atoms with E-state index in [1.165, 1.54) is 0 Å². The average molecular weight is 766 g/mol. The molecule has 0 unspecified atom stereocenters.